The molecule has 1 aromatic heterocycles. The number of halogens is 1. The third kappa shape index (κ3) is 3.19. The fourth-order valence-corrected chi connectivity index (χ4v) is 3.26. The van der Waals surface area contributed by atoms with Crippen LogP contribution in [0.3, 0.4) is 0 Å². The number of amides is 1. The monoisotopic (exact) mass is 349 g/mol. The standard InChI is InChI=1S/C17H20ClN3O3/c1-2-24-14-10-11(9-12(18)15(14)22)17(23)21-8-4-3-5-13(21)16-19-6-7-20-16/h6-7,9-10,13,22H,2-5,8H2,1H3,(H,19,20)/t13-/m1/s1. The molecule has 1 amide bonds. The van der Waals surface area contributed by atoms with Gasteiger partial charge in [-0.1, -0.05) is 11.6 Å². The van der Waals surface area contributed by atoms with Crippen molar-refractivity contribution in [3.8, 4) is 11.5 Å². The van der Waals surface area contributed by atoms with Gasteiger partial charge in [-0.15, -0.1) is 0 Å². The molecule has 1 aromatic carbocycles. The zero-order valence-corrected chi connectivity index (χ0v) is 14.2. The van der Waals surface area contributed by atoms with Crippen LogP contribution in [0.15, 0.2) is 24.5 Å². The molecule has 24 heavy (non-hydrogen) atoms. The second kappa shape index (κ2) is 7.13. The lowest BCUT2D eigenvalue weighted by Crippen LogP contribution is -2.39. The third-order valence-corrected chi connectivity index (χ3v) is 4.46. The van der Waals surface area contributed by atoms with Crippen molar-refractivity contribution in [2.75, 3.05) is 13.2 Å². The molecule has 0 spiro atoms. The first-order valence-corrected chi connectivity index (χ1v) is 8.45. The van der Waals surface area contributed by atoms with Crippen molar-refractivity contribution in [2.24, 2.45) is 0 Å². The number of phenolic OH excluding ortho intramolecular Hbond substituents is 1. The first-order chi connectivity index (χ1) is 11.6. The number of carbonyl (C=O) groups is 1. The minimum atomic E-state index is -0.142. The Morgan fingerprint density at radius 1 is 1.50 bits per heavy atom. The van der Waals surface area contributed by atoms with Gasteiger partial charge in [-0.25, -0.2) is 4.98 Å². The zero-order valence-electron chi connectivity index (χ0n) is 13.5. The molecule has 1 saturated heterocycles. The van der Waals surface area contributed by atoms with Gasteiger partial charge in [-0.05, 0) is 38.3 Å². The lowest BCUT2D eigenvalue weighted by atomic mass is 10.00. The van der Waals surface area contributed by atoms with E-state index in [9.17, 15) is 9.90 Å². The topological polar surface area (TPSA) is 78.5 Å². The zero-order chi connectivity index (χ0) is 17.1. The summed E-state index contributed by atoms with van der Waals surface area (Å²) >= 11 is 6.05. The van der Waals surface area contributed by atoms with E-state index in [4.69, 9.17) is 16.3 Å². The lowest BCUT2D eigenvalue weighted by molar-refractivity contribution is 0.0600. The van der Waals surface area contributed by atoms with Crippen LogP contribution in [0.2, 0.25) is 5.02 Å². The molecule has 2 aromatic rings. The van der Waals surface area contributed by atoms with Gasteiger partial charge in [0.05, 0.1) is 17.7 Å². The highest BCUT2D eigenvalue weighted by atomic mass is 35.5. The third-order valence-electron chi connectivity index (χ3n) is 4.17. The molecular weight excluding hydrogens is 330 g/mol. The van der Waals surface area contributed by atoms with E-state index in [2.05, 4.69) is 9.97 Å². The number of hydrogen-bond acceptors (Lipinski definition) is 4. The number of carbonyl (C=O) groups excluding carboxylic acids is 1. The Labute approximate surface area is 145 Å². The van der Waals surface area contributed by atoms with Crippen LogP contribution in [-0.2, 0) is 0 Å². The molecular formula is C17H20ClN3O3. The number of nitrogens with one attached hydrogen (secondary N) is 1. The average Bonchev–Trinajstić information content (AvgIpc) is 3.13. The summed E-state index contributed by atoms with van der Waals surface area (Å²) in [7, 11) is 0. The van der Waals surface area contributed by atoms with Crippen molar-refractivity contribution in [1.29, 1.82) is 0 Å². The number of phenols is 1. The molecule has 6 nitrogen and oxygen atoms in total. The van der Waals surface area contributed by atoms with Crippen molar-refractivity contribution >= 4 is 17.5 Å². The van der Waals surface area contributed by atoms with Gasteiger partial charge in [0.25, 0.3) is 5.91 Å². The average molecular weight is 350 g/mol. The van der Waals surface area contributed by atoms with Crippen LogP contribution in [0.4, 0.5) is 0 Å². The molecule has 0 saturated carbocycles. The summed E-state index contributed by atoms with van der Waals surface area (Å²) in [4.78, 5) is 22.2. The Bertz CT molecular complexity index is 718. The number of benzene rings is 1. The van der Waals surface area contributed by atoms with E-state index in [-0.39, 0.29) is 28.5 Å². The number of aromatic nitrogens is 2. The van der Waals surface area contributed by atoms with E-state index in [1.165, 1.54) is 6.07 Å². The number of aromatic amines is 1. The quantitative estimate of drug-likeness (QED) is 0.885. The van der Waals surface area contributed by atoms with Gasteiger partial charge in [0, 0.05) is 24.5 Å². The Morgan fingerprint density at radius 3 is 3.04 bits per heavy atom. The predicted molar refractivity (Wildman–Crippen MR) is 90.5 cm³/mol. The SMILES string of the molecule is CCOc1cc(C(=O)N2CCCC[C@@H]2c2ncc[nH]2)cc(Cl)c1O. The van der Waals surface area contributed by atoms with Gasteiger partial charge in [0.1, 0.15) is 5.82 Å². The number of rotatable bonds is 4. The molecule has 2 heterocycles. The van der Waals surface area contributed by atoms with Crippen molar-refractivity contribution in [2.45, 2.75) is 32.2 Å². The largest absolute Gasteiger partial charge is 0.503 e. The summed E-state index contributed by atoms with van der Waals surface area (Å²) in [5.41, 5.74) is 0.403. The Hall–Kier alpha value is -2.21. The van der Waals surface area contributed by atoms with Gasteiger partial charge in [0.15, 0.2) is 11.5 Å². The molecule has 1 fully saturated rings. The molecule has 2 N–H and O–H groups in total. The van der Waals surface area contributed by atoms with E-state index < -0.39 is 0 Å². The lowest BCUT2D eigenvalue weighted by Gasteiger charge is -2.34. The minimum absolute atomic E-state index is 0.0793. The van der Waals surface area contributed by atoms with E-state index in [0.29, 0.717) is 18.7 Å². The summed E-state index contributed by atoms with van der Waals surface area (Å²) in [5, 5.41) is 10.1. The van der Waals surface area contributed by atoms with Gasteiger partial charge in [-0.2, -0.15) is 0 Å². The number of piperidine rings is 1. The van der Waals surface area contributed by atoms with Crippen LogP contribution >= 0.6 is 11.6 Å². The summed E-state index contributed by atoms with van der Waals surface area (Å²) in [6, 6.07) is 2.94. The number of imidazole rings is 1. The van der Waals surface area contributed by atoms with E-state index in [0.717, 1.165) is 25.1 Å². The highest BCUT2D eigenvalue weighted by Crippen LogP contribution is 2.37. The highest BCUT2D eigenvalue weighted by molar-refractivity contribution is 6.32. The molecule has 0 unspecified atom stereocenters. The van der Waals surface area contributed by atoms with Gasteiger partial charge < -0.3 is 19.7 Å². The Kier molecular flexibility index (Phi) is 4.94. The molecule has 0 radical (unpaired) electrons. The van der Waals surface area contributed by atoms with Crippen LogP contribution in [0.1, 0.15) is 48.4 Å². The second-order valence-corrected chi connectivity index (χ2v) is 6.13. The molecule has 1 aliphatic heterocycles. The van der Waals surface area contributed by atoms with Crippen LogP contribution in [-0.4, -0.2) is 39.0 Å². The molecule has 1 aliphatic rings. The minimum Gasteiger partial charge on any atom is -0.503 e. The number of H-pyrrole nitrogens is 1. The number of hydrogen-bond donors (Lipinski definition) is 2. The first-order valence-electron chi connectivity index (χ1n) is 8.07. The number of ether oxygens (including phenoxy) is 1. The highest BCUT2D eigenvalue weighted by Gasteiger charge is 2.31. The first kappa shape index (κ1) is 16.6. The maximum Gasteiger partial charge on any atom is 0.254 e. The van der Waals surface area contributed by atoms with E-state index in [1.54, 1.807) is 30.3 Å². The van der Waals surface area contributed by atoms with Crippen LogP contribution in [0.25, 0.3) is 0 Å². The molecule has 0 bridgehead atoms. The van der Waals surface area contributed by atoms with Crippen LogP contribution in [0, 0.1) is 0 Å². The molecule has 128 valence electrons. The van der Waals surface area contributed by atoms with Gasteiger partial charge in [0.2, 0.25) is 0 Å². The molecule has 3 rings (SSSR count). The van der Waals surface area contributed by atoms with Crippen LogP contribution < -0.4 is 4.74 Å². The fourth-order valence-electron chi connectivity index (χ4n) is 3.05. The Morgan fingerprint density at radius 2 is 2.33 bits per heavy atom. The summed E-state index contributed by atoms with van der Waals surface area (Å²) in [6.07, 6.45) is 6.32. The fraction of sp³-hybridized carbons (Fsp3) is 0.412. The van der Waals surface area contributed by atoms with Gasteiger partial charge >= 0.3 is 0 Å². The normalized spacial score (nSPS) is 17.8. The molecule has 7 heteroatoms. The Balaban J connectivity index is 1.92. The predicted octanol–water partition coefficient (Wildman–Crippen LogP) is 3.53. The van der Waals surface area contributed by atoms with E-state index >= 15 is 0 Å². The van der Waals surface area contributed by atoms with Gasteiger partial charge in [-0.3, -0.25) is 4.79 Å². The summed E-state index contributed by atoms with van der Waals surface area (Å²) in [6.45, 7) is 2.84. The maximum atomic E-state index is 13.0. The van der Waals surface area contributed by atoms with Crippen LogP contribution in [0.5, 0.6) is 11.5 Å². The molecule has 0 aliphatic carbocycles. The number of likely N-dealkylation sites (tertiary alicyclic amines) is 1. The van der Waals surface area contributed by atoms with Crippen molar-refractivity contribution in [3.05, 3.63) is 40.9 Å². The van der Waals surface area contributed by atoms with E-state index in [1.807, 2.05) is 0 Å². The smallest absolute Gasteiger partial charge is 0.254 e. The molecule has 1 atom stereocenters. The van der Waals surface area contributed by atoms with Crippen molar-refractivity contribution in [1.82, 2.24) is 14.9 Å². The second-order valence-electron chi connectivity index (χ2n) is 5.72. The van der Waals surface area contributed by atoms with Crippen molar-refractivity contribution in [3.63, 3.8) is 0 Å². The number of aromatic hydroxyl groups is 1. The maximum absolute atomic E-state index is 13.0. The van der Waals surface area contributed by atoms with Crippen molar-refractivity contribution < 1.29 is 14.6 Å². The summed E-state index contributed by atoms with van der Waals surface area (Å²) in [5.74, 6) is 0.730. The number of nitrogens with zero attached hydrogens (tertiary/aromatic N) is 2. The summed E-state index contributed by atoms with van der Waals surface area (Å²) < 4.78 is 5.37.